The predicted molar refractivity (Wildman–Crippen MR) is 91.0 cm³/mol. The van der Waals surface area contributed by atoms with Crippen LogP contribution >= 0.6 is 0 Å². The van der Waals surface area contributed by atoms with Gasteiger partial charge in [-0.2, -0.15) is 5.10 Å². The van der Waals surface area contributed by atoms with E-state index in [1.807, 2.05) is 13.0 Å². The molecule has 0 radical (unpaired) electrons. The summed E-state index contributed by atoms with van der Waals surface area (Å²) in [5.41, 5.74) is 7.14. The maximum absolute atomic E-state index is 13.7. The molecular weight excluding hydrogens is 323 g/mol. The highest BCUT2D eigenvalue weighted by Gasteiger charge is 2.38. The average molecular weight is 342 g/mol. The predicted octanol–water partition coefficient (Wildman–Crippen LogP) is 1.32. The fourth-order valence-corrected chi connectivity index (χ4v) is 3.66. The Balaban J connectivity index is 1.65. The number of primary amides is 1. The number of likely N-dealkylation sites (tertiary alicyclic amines) is 1. The van der Waals surface area contributed by atoms with E-state index < -0.39 is 18.0 Å². The fraction of sp³-hybridized carbons (Fsp3) is 0.412. The number of aromatic nitrogens is 1. The van der Waals surface area contributed by atoms with Crippen molar-refractivity contribution in [3.8, 4) is 0 Å². The van der Waals surface area contributed by atoms with Crippen molar-refractivity contribution >= 4 is 18.0 Å². The molecule has 2 N–H and O–H groups in total. The van der Waals surface area contributed by atoms with Gasteiger partial charge in [0, 0.05) is 24.7 Å². The molecule has 0 saturated carbocycles. The van der Waals surface area contributed by atoms with Crippen LogP contribution in [0.15, 0.2) is 34.6 Å². The van der Waals surface area contributed by atoms with Crippen molar-refractivity contribution in [3.63, 3.8) is 0 Å². The molecule has 1 aromatic heterocycles. The Morgan fingerprint density at radius 2 is 2.28 bits per heavy atom. The zero-order chi connectivity index (χ0) is 17.6. The third-order valence-electron chi connectivity index (χ3n) is 4.92. The third-order valence-corrected chi connectivity index (χ3v) is 4.92. The lowest BCUT2D eigenvalue weighted by Gasteiger charge is -2.32. The minimum atomic E-state index is -0.543. The first kappa shape index (κ1) is 15.7. The third kappa shape index (κ3) is 2.67. The quantitative estimate of drug-likeness (QED) is 0.878. The summed E-state index contributed by atoms with van der Waals surface area (Å²) in [6, 6.07) is 1.57. The topological polar surface area (TPSA) is 87.2 Å². The number of hydrazone groups is 1. The summed E-state index contributed by atoms with van der Waals surface area (Å²) >= 11 is 0. The molecule has 1 fully saturated rings. The molecule has 0 aromatic carbocycles. The summed E-state index contributed by atoms with van der Waals surface area (Å²) in [5.74, 6) is -0.557. The first-order valence-corrected chi connectivity index (χ1v) is 8.31. The monoisotopic (exact) mass is 342 g/mol. The van der Waals surface area contributed by atoms with Crippen molar-refractivity contribution in [2.75, 3.05) is 6.54 Å². The molecule has 3 unspecified atom stereocenters. The number of rotatable bonds is 2. The standard InChI is InChI=1S/C17H19FN6O/c1-10-12(7-11(18)8-20-10)14-3-2-5-23(14)15-4-6-24-17(22-15)13(9-21-24)16(19)25/h4,6-9,13-14,17H,2-3,5H2,1H3,(H2,19,25). The molecule has 1 amide bonds. The summed E-state index contributed by atoms with van der Waals surface area (Å²) in [6.07, 6.45) is 7.90. The van der Waals surface area contributed by atoms with Crippen LogP contribution in [-0.4, -0.2) is 45.6 Å². The van der Waals surface area contributed by atoms with Crippen LogP contribution < -0.4 is 5.73 Å². The Kier molecular flexibility index (Phi) is 3.74. The van der Waals surface area contributed by atoms with Gasteiger partial charge in [-0.15, -0.1) is 0 Å². The highest BCUT2D eigenvalue weighted by atomic mass is 19.1. The van der Waals surface area contributed by atoms with Gasteiger partial charge in [0.15, 0.2) is 6.17 Å². The lowest BCUT2D eigenvalue weighted by atomic mass is 10.0. The number of aliphatic imine (C=N–C) groups is 1. The number of aryl methyl sites for hydroxylation is 1. The number of nitrogens with two attached hydrogens (primary N) is 1. The molecule has 7 nitrogen and oxygen atoms in total. The van der Waals surface area contributed by atoms with Gasteiger partial charge in [-0.3, -0.25) is 9.78 Å². The lowest BCUT2D eigenvalue weighted by Crippen LogP contribution is -2.41. The van der Waals surface area contributed by atoms with E-state index in [1.165, 1.54) is 12.4 Å². The number of carbonyl (C=O) groups is 1. The highest BCUT2D eigenvalue weighted by molar-refractivity contribution is 5.98. The number of halogens is 1. The zero-order valence-electron chi connectivity index (χ0n) is 13.8. The second kappa shape index (κ2) is 5.94. The van der Waals surface area contributed by atoms with Crippen molar-refractivity contribution in [3.05, 3.63) is 41.6 Å². The second-order valence-electron chi connectivity index (χ2n) is 6.47. The summed E-state index contributed by atoms with van der Waals surface area (Å²) in [5, 5.41) is 5.80. The number of fused-ring (bicyclic) bond motifs is 1. The van der Waals surface area contributed by atoms with E-state index in [2.05, 4.69) is 15.0 Å². The largest absolute Gasteiger partial charge is 0.369 e. The van der Waals surface area contributed by atoms with E-state index in [9.17, 15) is 9.18 Å². The van der Waals surface area contributed by atoms with Crippen molar-refractivity contribution in [1.82, 2.24) is 14.9 Å². The number of amides is 1. The molecule has 1 aromatic rings. The van der Waals surface area contributed by atoms with Gasteiger partial charge in [0.1, 0.15) is 17.6 Å². The number of carbonyl (C=O) groups excluding carboxylic acids is 1. The molecular formula is C17H19FN6O. The molecule has 25 heavy (non-hydrogen) atoms. The van der Waals surface area contributed by atoms with E-state index in [-0.39, 0.29) is 11.9 Å². The SMILES string of the molecule is Cc1ncc(F)cc1C1CCCN1C1=NC2C(C(N)=O)C=NN2C=C1. The number of hydrogen-bond donors (Lipinski definition) is 1. The van der Waals surface area contributed by atoms with Gasteiger partial charge in [-0.1, -0.05) is 0 Å². The summed E-state index contributed by atoms with van der Waals surface area (Å²) in [4.78, 5) is 22.6. The Morgan fingerprint density at radius 1 is 1.44 bits per heavy atom. The number of hydrogen-bond acceptors (Lipinski definition) is 6. The van der Waals surface area contributed by atoms with Crippen LogP contribution in [0.2, 0.25) is 0 Å². The van der Waals surface area contributed by atoms with Crippen LogP contribution in [0.4, 0.5) is 4.39 Å². The first-order valence-electron chi connectivity index (χ1n) is 8.31. The van der Waals surface area contributed by atoms with Crippen molar-refractivity contribution in [2.24, 2.45) is 21.7 Å². The first-order chi connectivity index (χ1) is 12.0. The molecule has 3 aliphatic rings. The molecule has 4 rings (SSSR count). The molecule has 8 heteroatoms. The Bertz CT molecular complexity index is 804. The normalized spacial score (nSPS) is 27.6. The second-order valence-corrected chi connectivity index (χ2v) is 6.47. The van der Waals surface area contributed by atoms with Gasteiger partial charge in [0.2, 0.25) is 5.91 Å². The van der Waals surface area contributed by atoms with E-state index >= 15 is 0 Å². The molecule has 3 atom stereocenters. The van der Waals surface area contributed by atoms with E-state index in [1.54, 1.807) is 17.3 Å². The minimum Gasteiger partial charge on any atom is -0.369 e. The number of nitrogens with zero attached hydrogens (tertiary/aromatic N) is 5. The number of amidine groups is 1. The van der Waals surface area contributed by atoms with Crippen LogP contribution in [0.25, 0.3) is 0 Å². The molecule has 3 aliphatic heterocycles. The van der Waals surface area contributed by atoms with Gasteiger partial charge < -0.3 is 10.6 Å². The van der Waals surface area contributed by atoms with E-state index in [4.69, 9.17) is 10.7 Å². The van der Waals surface area contributed by atoms with Gasteiger partial charge in [0.25, 0.3) is 0 Å². The van der Waals surface area contributed by atoms with Crippen molar-refractivity contribution in [1.29, 1.82) is 0 Å². The summed E-state index contributed by atoms with van der Waals surface area (Å²) in [7, 11) is 0. The highest BCUT2D eigenvalue weighted by Crippen LogP contribution is 2.35. The maximum Gasteiger partial charge on any atom is 0.230 e. The molecule has 1 saturated heterocycles. The zero-order valence-corrected chi connectivity index (χ0v) is 13.8. The van der Waals surface area contributed by atoms with E-state index in [0.717, 1.165) is 36.5 Å². The van der Waals surface area contributed by atoms with Gasteiger partial charge in [-0.05, 0) is 37.5 Å². The molecule has 130 valence electrons. The van der Waals surface area contributed by atoms with Crippen LogP contribution in [0.3, 0.4) is 0 Å². The molecule has 0 spiro atoms. The van der Waals surface area contributed by atoms with Crippen molar-refractivity contribution < 1.29 is 9.18 Å². The van der Waals surface area contributed by atoms with Gasteiger partial charge in [0.05, 0.1) is 12.2 Å². The van der Waals surface area contributed by atoms with Gasteiger partial charge >= 0.3 is 0 Å². The lowest BCUT2D eigenvalue weighted by molar-refractivity contribution is -0.120. The molecule has 4 heterocycles. The Hall–Kier alpha value is -2.77. The van der Waals surface area contributed by atoms with Gasteiger partial charge in [-0.25, -0.2) is 14.4 Å². The summed E-state index contributed by atoms with van der Waals surface area (Å²) < 4.78 is 13.7. The Morgan fingerprint density at radius 3 is 3.08 bits per heavy atom. The van der Waals surface area contributed by atoms with Crippen LogP contribution in [0.1, 0.15) is 30.1 Å². The fourth-order valence-electron chi connectivity index (χ4n) is 3.66. The average Bonchev–Trinajstić information content (AvgIpc) is 3.22. The van der Waals surface area contributed by atoms with E-state index in [0.29, 0.717) is 0 Å². The smallest absolute Gasteiger partial charge is 0.230 e. The van der Waals surface area contributed by atoms with Crippen LogP contribution in [0, 0.1) is 18.7 Å². The Labute approximate surface area is 144 Å². The van der Waals surface area contributed by atoms with Crippen LogP contribution in [-0.2, 0) is 4.79 Å². The molecule has 0 aliphatic carbocycles. The van der Waals surface area contributed by atoms with Crippen LogP contribution in [0.5, 0.6) is 0 Å². The minimum absolute atomic E-state index is 0.0208. The maximum atomic E-state index is 13.7. The number of pyridine rings is 1. The molecule has 0 bridgehead atoms. The van der Waals surface area contributed by atoms with Crippen molar-refractivity contribution in [2.45, 2.75) is 32.0 Å². The summed E-state index contributed by atoms with van der Waals surface area (Å²) in [6.45, 7) is 2.71.